The summed E-state index contributed by atoms with van der Waals surface area (Å²) in [6.07, 6.45) is 7.42. The molecule has 0 aromatic heterocycles. The van der Waals surface area contributed by atoms with Crippen molar-refractivity contribution in [2.45, 2.75) is 25.7 Å². The lowest BCUT2D eigenvalue weighted by Gasteiger charge is -2.40. The molecule has 14 heavy (non-hydrogen) atoms. The molecule has 4 rings (SSSR count). The van der Waals surface area contributed by atoms with Crippen LogP contribution in [0.3, 0.4) is 0 Å². The van der Waals surface area contributed by atoms with E-state index in [1.165, 1.54) is 0 Å². The number of fused-ring (bicyclic) bond motifs is 1. The number of ketones is 2. The Labute approximate surface area is 83.4 Å². The molecule has 0 saturated heterocycles. The molecule has 0 radical (unpaired) electrons. The van der Waals surface area contributed by atoms with Crippen molar-refractivity contribution >= 4 is 11.6 Å². The molecule has 74 valence electrons. The maximum Gasteiger partial charge on any atom is 0.142 e. The number of carbonyl (C=O) groups is 2. The summed E-state index contributed by atoms with van der Waals surface area (Å²) in [4.78, 5) is 23.8. The van der Waals surface area contributed by atoms with E-state index in [0.29, 0.717) is 11.6 Å². The van der Waals surface area contributed by atoms with Gasteiger partial charge in [0, 0.05) is 23.7 Å². The van der Waals surface area contributed by atoms with Crippen molar-refractivity contribution in [3.05, 3.63) is 12.2 Å². The largest absolute Gasteiger partial charge is 0.299 e. The second-order valence-corrected chi connectivity index (χ2v) is 4.87. The van der Waals surface area contributed by atoms with Crippen molar-refractivity contribution in [3.63, 3.8) is 0 Å². The highest BCUT2D eigenvalue weighted by molar-refractivity contribution is 5.93. The molecule has 2 heteroatoms. The Kier molecular flexibility index (Phi) is 1.67. The predicted molar refractivity (Wildman–Crippen MR) is 51.6 cm³/mol. The lowest BCUT2D eigenvalue weighted by molar-refractivity contribution is -0.141. The number of hydrogen-bond acceptors (Lipinski definition) is 2. The summed E-state index contributed by atoms with van der Waals surface area (Å²) in [5.41, 5.74) is 0. The summed E-state index contributed by atoms with van der Waals surface area (Å²) in [5.74, 6) is 1.44. The highest BCUT2D eigenvalue weighted by atomic mass is 16.1. The van der Waals surface area contributed by atoms with Gasteiger partial charge in [-0.05, 0) is 25.7 Å². The second kappa shape index (κ2) is 2.78. The first-order valence-electron chi connectivity index (χ1n) is 5.50. The molecule has 2 unspecified atom stereocenters. The molecule has 0 aromatic rings. The molecule has 0 amide bonds. The Morgan fingerprint density at radius 1 is 0.929 bits per heavy atom. The van der Waals surface area contributed by atoms with Gasteiger partial charge >= 0.3 is 0 Å². The molecular weight excluding hydrogens is 176 g/mol. The lowest BCUT2D eigenvalue weighted by Crippen LogP contribution is -2.44. The van der Waals surface area contributed by atoms with Crippen LogP contribution in [0.15, 0.2) is 12.2 Å². The zero-order valence-corrected chi connectivity index (χ0v) is 8.11. The fourth-order valence-corrected chi connectivity index (χ4v) is 3.31. The average molecular weight is 190 g/mol. The molecule has 0 spiro atoms. The van der Waals surface area contributed by atoms with Crippen molar-refractivity contribution < 1.29 is 9.59 Å². The quantitative estimate of drug-likeness (QED) is 0.545. The van der Waals surface area contributed by atoms with Crippen molar-refractivity contribution in [1.29, 1.82) is 0 Å². The maximum absolute atomic E-state index is 11.9. The summed E-state index contributed by atoms with van der Waals surface area (Å²) < 4.78 is 0. The molecule has 2 saturated carbocycles. The van der Waals surface area contributed by atoms with Gasteiger partial charge in [-0.1, -0.05) is 12.2 Å². The average Bonchev–Trinajstić information content (AvgIpc) is 2.18. The number of carbonyl (C=O) groups excluding carboxylic acids is 2. The zero-order valence-electron chi connectivity index (χ0n) is 8.11. The van der Waals surface area contributed by atoms with Crippen molar-refractivity contribution in [3.8, 4) is 0 Å². The van der Waals surface area contributed by atoms with Gasteiger partial charge in [0.1, 0.15) is 11.6 Å². The molecule has 2 nitrogen and oxygen atoms in total. The number of rotatable bonds is 0. The van der Waals surface area contributed by atoms with E-state index in [1.807, 2.05) is 12.2 Å². The number of hydrogen-bond donors (Lipinski definition) is 0. The van der Waals surface area contributed by atoms with Gasteiger partial charge in [-0.25, -0.2) is 0 Å². The molecule has 0 aliphatic heterocycles. The van der Waals surface area contributed by atoms with Crippen LogP contribution < -0.4 is 0 Å². The summed E-state index contributed by atoms with van der Waals surface area (Å²) in [7, 11) is 0. The highest BCUT2D eigenvalue weighted by Gasteiger charge is 2.46. The van der Waals surface area contributed by atoms with Gasteiger partial charge < -0.3 is 0 Å². The molecule has 4 aliphatic carbocycles. The van der Waals surface area contributed by atoms with E-state index >= 15 is 0 Å². The molecule has 0 N–H and O–H groups in total. The third-order valence-electron chi connectivity index (χ3n) is 4.04. The first-order valence-corrected chi connectivity index (χ1v) is 5.50. The first-order chi connectivity index (χ1) is 6.75. The third kappa shape index (κ3) is 1.03. The summed E-state index contributed by atoms with van der Waals surface area (Å²) in [6.45, 7) is 0. The van der Waals surface area contributed by atoms with Crippen LogP contribution in [0.2, 0.25) is 0 Å². The van der Waals surface area contributed by atoms with Gasteiger partial charge in [0.25, 0.3) is 0 Å². The van der Waals surface area contributed by atoms with Gasteiger partial charge in [0.2, 0.25) is 0 Å². The van der Waals surface area contributed by atoms with Crippen molar-refractivity contribution in [1.82, 2.24) is 0 Å². The molecule has 0 heterocycles. The van der Waals surface area contributed by atoms with Crippen LogP contribution in [0.25, 0.3) is 0 Å². The predicted octanol–water partition coefficient (Wildman–Crippen LogP) is 1.75. The number of Topliss-reactive ketones (excluding diaryl/α,β-unsaturated/α-hetero) is 2. The summed E-state index contributed by atoms with van der Waals surface area (Å²) >= 11 is 0. The smallest absolute Gasteiger partial charge is 0.142 e. The molecule has 2 fully saturated rings. The molecule has 4 aliphatic rings. The fraction of sp³-hybridized carbons (Fsp3) is 0.667. The van der Waals surface area contributed by atoms with E-state index in [0.717, 1.165) is 25.7 Å². The standard InChI is InChI=1S/C12H14O2/c13-11-7-2-1-3-8-5-10(11)6-9(4-7)12(8)14/h1-2,7-10H,3-6H2/b2-1-/t7?,8?,9-,10-/m1/s1. The summed E-state index contributed by atoms with van der Waals surface area (Å²) in [6, 6.07) is 0. The molecule has 0 aromatic carbocycles. The van der Waals surface area contributed by atoms with E-state index in [4.69, 9.17) is 0 Å². The Hall–Kier alpha value is -0.920. The van der Waals surface area contributed by atoms with Crippen LogP contribution >= 0.6 is 0 Å². The Morgan fingerprint density at radius 2 is 1.64 bits per heavy atom. The first kappa shape index (κ1) is 8.39. The minimum atomic E-state index is 0.0592. The third-order valence-corrected chi connectivity index (χ3v) is 4.04. The van der Waals surface area contributed by atoms with Crippen molar-refractivity contribution in [2.75, 3.05) is 0 Å². The van der Waals surface area contributed by atoms with Gasteiger partial charge in [-0.2, -0.15) is 0 Å². The minimum Gasteiger partial charge on any atom is -0.299 e. The Bertz CT molecular complexity index is 329. The fourth-order valence-electron chi connectivity index (χ4n) is 3.31. The maximum atomic E-state index is 11.9. The second-order valence-electron chi connectivity index (χ2n) is 4.87. The molecule has 4 bridgehead atoms. The van der Waals surface area contributed by atoms with Crippen LogP contribution in [0.5, 0.6) is 0 Å². The Morgan fingerprint density at radius 3 is 2.50 bits per heavy atom. The highest BCUT2D eigenvalue weighted by Crippen LogP contribution is 2.44. The topological polar surface area (TPSA) is 34.1 Å². The SMILES string of the molecule is O=C1C2/C=C\CC3C[C@@H]1C[C@@H](C2)C3=O. The van der Waals surface area contributed by atoms with Crippen LogP contribution in [-0.2, 0) is 9.59 Å². The van der Waals surface area contributed by atoms with Crippen LogP contribution in [0.1, 0.15) is 25.7 Å². The van der Waals surface area contributed by atoms with Gasteiger partial charge in [-0.3, -0.25) is 9.59 Å². The molecule has 4 atom stereocenters. The zero-order chi connectivity index (χ0) is 9.71. The lowest BCUT2D eigenvalue weighted by atomic mass is 9.61. The van der Waals surface area contributed by atoms with Gasteiger partial charge in [0.05, 0.1) is 0 Å². The van der Waals surface area contributed by atoms with Crippen LogP contribution in [0.4, 0.5) is 0 Å². The molecular formula is C12H14O2. The van der Waals surface area contributed by atoms with E-state index in [1.54, 1.807) is 0 Å². The van der Waals surface area contributed by atoms with Crippen LogP contribution in [0, 0.1) is 23.7 Å². The van der Waals surface area contributed by atoms with Crippen LogP contribution in [-0.4, -0.2) is 11.6 Å². The van der Waals surface area contributed by atoms with E-state index in [9.17, 15) is 9.59 Å². The monoisotopic (exact) mass is 190 g/mol. The Balaban J connectivity index is 2.05. The summed E-state index contributed by atoms with van der Waals surface area (Å²) in [5, 5.41) is 0. The minimum absolute atomic E-state index is 0.0592. The van der Waals surface area contributed by atoms with E-state index in [-0.39, 0.29) is 23.7 Å². The van der Waals surface area contributed by atoms with Crippen molar-refractivity contribution in [2.24, 2.45) is 23.7 Å². The normalized spacial score (nSPS) is 47.7. The number of allylic oxidation sites excluding steroid dienone is 2. The van der Waals surface area contributed by atoms with Gasteiger partial charge in [0.15, 0.2) is 0 Å². The van der Waals surface area contributed by atoms with E-state index in [2.05, 4.69) is 0 Å². The van der Waals surface area contributed by atoms with E-state index < -0.39 is 0 Å². The van der Waals surface area contributed by atoms with Gasteiger partial charge in [-0.15, -0.1) is 0 Å².